The molecule has 28 heavy (non-hydrogen) atoms. The van der Waals surface area contributed by atoms with Gasteiger partial charge in [-0.25, -0.2) is 0 Å². The van der Waals surface area contributed by atoms with Crippen molar-refractivity contribution in [1.29, 1.82) is 0 Å². The molecule has 0 unspecified atom stereocenters. The number of pyridine rings is 1. The molecule has 0 radical (unpaired) electrons. The molecule has 0 atom stereocenters. The van der Waals surface area contributed by atoms with Crippen molar-refractivity contribution in [1.82, 2.24) is 4.98 Å². The van der Waals surface area contributed by atoms with Crippen LogP contribution in [0.25, 0.3) is 22.0 Å². The lowest BCUT2D eigenvalue weighted by Gasteiger charge is -2.24. The molecule has 0 fully saturated rings. The van der Waals surface area contributed by atoms with Crippen molar-refractivity contribution in [3.05, 3.63) is 68.0 Å². The van der Waals surface area contributed by atoms with Gasteiger partial charge in [0.15, 0.2) is 0 Å². The number of aromatic nitrogens is 1. The summed E-state index contributed by atoms with van der Waals surface area (Å²) in [7, 11) is 0. The van der Waals surface area contributed by atoms with Crippen molar-refractivity contribution in [3.8, 4) is 11.1 Å². The molecule has 3 aromatic rings. The Morgan fingerprint density at radius 3 is 2.29 bits per heavy atom. The van der Waals surface area contributed by atoms with Gasteiger partial charge in [0.2, 0.25) is 0 Å². The van der Waals surface area contributed by atoms with Crippen LogP contribution < -0.4 is 5.56 Å². The van der Waals surface area contributed by atoms with Gasteiger partial charge >= 0.3 is 5.97 Å². The molecule has 144 valence electrons. The van der Waals surface area contributed by atoms with Gasteiger partial charge in [0.1, 0.15) is 0 Å². The molecule has 0 amide bonds. The first-order chi connectivity index (χ1) is 13.4. The fraction of sp³-hybridized carbons (Fsp3) is 0.333. The Morgan fingerprint density at radius 1 is 1.00 bits per heavy atom. The zero-order chi connectivity index (χ0) is 20.0. The van der Waals surface area contributed by atoms with Crippen LogP contribution >= 0.6 is 0 Å². The topological polar surface area (TPSA) is 70.2 Å². The van der Waals surface area contributed by atoms with E-state index in [0.29, 0.717) is 0 Å². The number of benzene rings is 2. The van der Waals surface area contributed by atoms with Crippen LogP contribution in [-0.4, -0.2) is 16.1 Å². The number of nitrogens with one attached hydrogen (secondary N) is 1. The average molecular weight is 375 g/mol. The summed E-state index contributed by atoms with van der Waals surface area (Å²) in [6.07, 6.45) is 3.78. The van der Waals surface area contributed by atoms with E-state index in [-0.39, 0.29) is 12.0 Å². The summed E-state index contributed by atoms with van der Waals surface area (Å²) in [5, 5.41) is 10.7. The van der Waals surface area contributed by atoms with Crippen LogP contribution in [0, 0.1) is 20.8 Å². The van der Waals surface area contributed by atoms with E-state index < -0.39 is 5.97 Å². The molecule has 1 aliphatic rings. The Morgan fingerprint density at radius 2 is 1.64 bits per heavy atom. The molecular formula is C24H25NO3. The van der Waals surface area contributed by atoms with E-state index in [1.54, 1.807) is 0 Å². The van der Waals surface area contributed by atoms with Crippen LogP contribution in [0.1, 0.15) is 46.2 Å². The number of carbonyl (C=O) groups is 1. The predicted molar refractivity (Wildman–Crippen MR) is 112 cm³/mol. The Bertz CT molecular complexity index is 1150. The number of carboxylic acid groups (broad SMARTS) is 1. The molecule has 2 N–H and O–H groups in total. The molecule has 2 aromatic carbocycles. The molecule has 0 spiro atoms. The number of rotatable bonds is 3. The van der Waals surface area contributed by atoms with E-state index in [4.69, 9.17) is 0 Å². The Kier molecular flexibility index (Phi) is 4.58. The van der Waals surface area contributed by atoms with Crippen molar-refractivity contribution in [3.63, 3.8) is 0 Å². The smallest absolute Gasteiger partial charge is 0.307 e. The number of hydrogen-bond donors (Lipinski definition) is 2. The van der Waals surface area contributed by atoms with E-state index in [0.717, 1.165) is 75.5 Å². The molecule has 0 saturated heterocycles. The minimum atomic E-state index is -0.865. The van der Waals surface area contributed by atoms with E-state index in [1.807, 2.05) is 13.8 Å². The molecule has 4 nitrogen and oxygen atoms in total. The maximum absolute atomic E-state index is 12.7. The van der Waals surface area contributed by atoms with Gasteiger partial charge in [0.05, 0.1) is 11.9 Å². The SMILES string of the molecule is Cc1ccc(-c2c(CC(=O)O)c(C)c3[nH]c(=O)c4c(c3c2C)CCCC4)cc1. The molecule has 4 heteroatoms. The van der Waals surface area contributed by atoms with Crippen LogP contribution in [0.3, 0.4) is 0 Å². The second kappa shape index (κ2) is 6.93. The molecule has 1 heterocycles. The zero-order valence-electron chi connectivity index (χ0n) is 16.6. The standard InChI is InChI=1S/C24H25NO3/c1-13-8-10-16(11-9-13)21-15(3)22-17-6-4-5-7-18(17)24(28)25-23(22)14(2)19(21)12-20(26)27/h8-11H,4-7,12H2,1-3H3,(H,25,28)(H,26,27). The van der Waals surface area contributed by atoms with E-state index >= 15 is 0 Å². The molecular weight excluding hydrogens is 350 g/mol. The van der Waals surface area contributed by atoms with Gasteiger partial charge in [-0.05, 0) is 79.8 Å². The highest BCUT2D eigenvalue weighted by atomic mass is 16.4. The minimum Gasteiger partial charge on any atom is -0.481 e. The summed E-state index contributed by atoms with van der Waals surface area (Å²) < 4.78 is 0. The number of aliphatic carboxylic acids is 1. The largest absolute Gasteiger partial charge is 0.481 e. The van der Waals surface area contributed by atoms with E-state index in [1.165, 1.54) is 5.56 Å². The Balaban J connectivity index is 2.15. The normalized spacial score (nSPS) is 13.5. The fourth-order valence-corrected chi connectivity index (χ4v) is 4.70. The number of aryl methyl sites for hydroxylation is 4. The second-order valence-electron chi connectivity index (χ2n) is 7.91. The summed E-state index contributed by atoms with van der Waals surface area (Å²) in [6.45, 7) is 6.04. The van der Waals surface area contributed by atoms with E-state index in [2.05, 4.69) is 36.2 Å². The number of fused-ring (bicyclic) bond motifs is 3. The summed E-state index contributed by atoms with van der Waals surface area (Å²) in [5.41, 5.74) is 8.74. The highest BCUT2D eigenvalue weighted by molar-refractivity contribution is 5.97. The van der Waals surface area contributed by atoms with Crippen molar-refractivity contribution in [2.75, 3.05) is 0 Å². The third-order valence-corrected chi connectivity index (χ3v) is 6.08. The van der Waals surface area contributed by atoms with Gasteiger partial charge in [-0.3, -0.25) is 9.59 Å². The lowest BCUT2D eigenvalue weighted by atomic mass is 9.82. The van der Waals surface area contributed by atoms with Gasteiger partial charge < -0.3 is 10.1 Å². The van der Waals surface area contributed by atoms with Crippen molar-refractivity contribution < 1.29 is 9.90 Å². The van der Waals surface area contributed by atoms with Crippen LogP contribution in [0.15, 0.2) is 29.1 Å². The predicted octanol–water partition coefficient (Wildman–Crippen LogP) is 4.63. The van der Waals surface area contributed by atoms with Gasteiger partial charge in [-0.1, -0.05) is 29.8 Å². The third-order valence-electron chi connectivity index (χ3n) is 6.08. The maximum atomic E-state index is 12.7. The quantitative estimate of drug-likeness (QED) is 0.701. The average Bonchev–Trinajstić information content (AvgIpc) is 2.67. The van der Waals surface area contributed by atoms with Crippen LogP contribution in [0.4, 0.5) is 0 Å². The highest BCUT2D eigenvalue weighted by Gasteiger charge is 2.24. The molecule has 4 rings (SSSR count). The Hall–Kier alpha value is -2.88. The van der Waals surface area contributed by atoms with Gasteiger partial charge in [-0.2, -0.15) is 0 Å². The zero-order valence-corrected chi connectivity index (χ0v) is 16.6. The summed E-state index contributed by atoms with van der Waals surface area (Å²) >= 11 is 0. The Labute approximate surface area is 164 Å². The highest BCUT2D eigenvalue weighted by Crippen LogP contribution is 2.39. The van der Waals surface area contributed by atoms with Crippen LogP contribution in [0.2, 0.25) is 0 Å². The van der Waals surface area contributed by atoms with Gasteiger partial charge in [-0.15, -0.1) is 0 Å². The molecule has 0 bridgehead atoms. The third kappa shape index (κ3) is 2.93. The summed E-state index contributed by atoms with van der Waals surface area (Å²) in [5.74, 6) is -0.865. The fourth-order valence-electron chi connectivity index (χ4n) is 4.70. The molecule has 0 saturated carbocycles. The van der Waals surface area contributed by atoms with Gasteiger partial charge in [0, 0.05) is 10.9 Å². The van der Waals surface area contributed by atoms with Crippen molar-refractivity contribution in [2.45, 2.75) is 52.9 Å². The number of aromatic amines is 1. The van der Waals surface area contributed by atoms with Crippen molar-refractivity contribution >= 4 is 16.9 Å². The summed E-state index contributed by atoms with van der Waals surface area (Å²) in [4.78, 5) is 27.4. The first-order valence-corrected chi connectivity index (χ1v) is 9.87. The second-order valence-corrected chi connectivity index (χ2v) is 7.91. The van der Waals surface area contributed by atoms with Crippen molar-refractivity contribution in [2.24, 2.45) is 0 Å². The first-order valence-electron chi connectivity index (χ1n) is 9.87. The van der Waals surface area contributed by atoms with Gasteiger partial charge in [0.25, 0.3) is 5.56 Å². The first kappa shape index (κ1) is 18.5. The number of H-pyrrole nitrogens is 1. The molecule has 1 aliphatic carbocycles. The van der Waals surface area contributed by atoms with Crippen LogP contribution in [-0.2, 0) is 24.1 Å². The summed E-state index contributed by atoms with van der Waals surface area (Å²) in [6, 6.07) is 8.24. The minimum absolute atomic E-state index is 0.0194. The van der Waals surface area contributed by atoms with E-state index in [9.17, 15) is 14.7 Å². The number of hydrogen-bond acceptors (Lipinski definition) is 2. The maximum Gasteiger partial charge on any atom is 0.307 e. The monoisotopic (exact) mass is 375 g/mol. The number of carboxylic acids is 1. The lowest BCUT2D eigenvalue weighted by Crippen LogP contribution is -2.21. The molecule has 1 aromatic heterocycles. The van der Waals surface area contributed by atoms with Crippen LogP contribution in [0.5, 0.6) is 0 Å². The molecule has 0 aliphatic heterocycles. The lowest BCUT2D eigenvalue weighted by molar-refractivity contribution is -0.136.